The molecule has 1 amide bonds. The van der Waals surface area contributed by atoms with Crippen molar-refractivity contribution in [3.05, 3.63) is 52.3 Å². The zero-order valence-electron chi connectivity index (χ0n) is 10.7. The first kappa shape index (κ1) is 15.2. The molecule has 0 saturated carbocycles. The third-order valence-corrected chi connectivity index (χ3v) is 3.33. The molecule has 2 N–H and O–H groups in total. The van der Waals surface area contributed by atoms with Gasteiger partial charge in [0, 0.05) is 24.8 Å². The standard InChI is InChI=1S/C13H11BrFN3O3/c14-9-2-1-8(5-10(9)15)12(19)16-3-4-18-6-11(13(20)21)17-7-18/h1-2,5-7H,3-4H2,(H,16,19)(H,20,21). The number of imidazole rings is 1. The minimum absolute atomic E-state index is 0.0590. The van der Waals surface area contributed by atoms with E-state index in [9.17, 15) is 14.0 Å². The average molecular weight is 356 g/mol. The molecular weight excluding hydrogens is 345 g/mol. The van der Waals surface area contributed by atoms with Crippen LogP contribution in [0, 0.1) is 5.82 Å². The zero-order chi connectivity index (χ0) is 15.4. The van der Waals surface area contributed by atoms with Crippen LogP contribution in [0.25, 0.3) is 0 Å². The molecule has 0 aliphatic rings. The Hall–Kier alpha value is -2.22. The van der Waals surface area contributed by atoms with E-state index in [-0.39, 0.29) is 17.8 Å². The van der Waals surface area contributed by atoms with E-state index in [1.807, 2.05) is 0 Å². The second-order valence-corrected chi connectivity index (χ2v) is 5.04. The first-order valence-corrected chi connectivity index (χ1v) is 6.75. The molecule has 0 fully saturated rings. The molecule has 6 nitrogen and oxygen atoms in total. The van der Waals surface area contributed by atoms with Gasteiger partial charge in [0.25, 0.3) is 5.91 Å². The smallest absolute Gasteiger partial charge is 0.356 e. The number of hydrogen-bond acceptors (Lipinski definition) is 3. The monoisotopic (exact) mass is 355 g/mol. The van der Waals surface area contributed by atoms with Crippen LogP contribution in [0.3, 0.4) is 0 Å². The number of amides is 1. The number of carboxylic acids is 1. The van der Waals surface area contributed by atoms with Crippen molar-refractivity contribution in [1.29, 1.82) is 0 Å². The molecule has 1 heterocycles. The summed E-state index contributed by atoms with van der Waals surface area (Å²) in [5.74, 6) is -2.02. The van der Waals surface area contributed by atoms with Gasteiger partial charge < -0.3 is 15.0 Å². The van der Waals surface area contributed by atoms with Crippen molar-refractivity contribution < 1.29 is 19.1 Å². The maximum Gasteiger partial charge on any atom is 0.356 e. The van der Waals surface area contributed by atoms with Gasteiger partial charge in [0.15, 0.2) is 5.69 Å². The number of rotatable bonds is 5. The lowest BCUT2D eigenvalue weighted by Gasteiger charge is -2.06. The number of halogens is 2. The number of nitrogens with zero attached hydrogens (tertiary/aromatic N) is 2. The SMILES string of the molecule is O=C(NCCn1cnc(C(=O)O)c1)c1ccc(Br)c(F)c1. The molecule has 1 aromatic heterocycles. The van der Waals surface area contributed by atoms with Gasteiger partial charge in [-0.25, -0.2) is 14.2 Å². The summed E-state index contributed by atoms with van der Waals surface area (Å²) in [5, 5.41) is 11.3. The number of carbonyl (C=O) groups excluding carboxylic acids is 1. The zero-order valence-corrected chi connectivity index (χ0v) is 12.3. The van der Waals surface area contributed by atoms with Gasteiger partial charge in [0.2, 0.25) is 0 Å². The number of aromatic nitrogens is 2. The van der Waals surface area contributed by atoms with E-state index in [0.717, 1.165) is 6.07 Å². The first-order valence-electron chi connectivity index (χ1n) is 5.95. The Bertz CT molecular complexity index is 687. The third kappa shape index (κ3) is 3.88. The predicted molar refractivity (Wildman–Crippen MR) is 75.6 cm³/mol. The number of aromatic carboxylic acids is 1. The van der Waals surface area contributed by atoms with E-state index in [1.54, 1.807) is 4.57 Å². The van der Waals surface area contributed by atoms with Crippen molar-refractivity contribution in [3.63, 3.8) is 0 Å². The van der Waals surface area contributed by atoms with E-state index < -0.39 is 17.7 Å². The molecule has 1 aromatic carbocycles. The molecule has 8 heteroatoms. The fourth-order valence-electron chi connectivity index (χ4n) is 1.63. The Balaban J connectivity index is 1.88. The maximum absolute atomic E-state index is 13.3. The lowest BCUT2D eigenvalue weighted by molar-refractivity contribution is 0.0690. The number of nitrogens with one attached hydrogen (secondary N) is 1. The van der Waals surface area contributed by atoms with Gasteiger partial charge in [-0.3, -0.25) is 4.79 Å². The van der Waals surface area contributed by atoms with E-state index in [4.69, 9.17) is 5.11 Å². The summed E-state index contributed by atoms with van der Waals surface area (Å²) in [6.07, 6.45) is 2.74. The molecular formula is C13H11BrFN3O3. The Morgan fingerprint density at radius 2 is 2.19 bits per heavy atom. The number of carboxylic acid groups (broad SMARTS) is 1. The molecule has 0 spiro atoms. The normalized spacial score (nSPS) is 10.4. The van der Waals surface area contributed by atoms with Crippen LogP contribution in [-0.4, -0.2) is 33.1 Å². The van der Waals surface area contributed by atoms with E-state index in [1.165, 1.54) is 24.7 Å². The van der Waals surface area contributed by atoms with Gasteiger partial charge >= 0.3 is 5.97 Å². The summed E-state index contributed by atoms with van der Waals surface area (Å²) in [6, 6.07) is 4.10. The molecule has 0 radical (unpaired) electrons. The van der Waals surface area contributed by atoms with Crippen LogP contribution in [0.1, 0.15) is 20.8 Å². The first-order chi connectivity index (χ1) is 9.97. The fraction of sp³-hybridized carbons (Fsp3) is 0.154. The largest absolute Gasteiger partial charge is 0.476 e. The Kier molecular flexibility index (Phi) is 4.69. The summed E-state index contributed by atoms with van der Waals surface area (Å²) in [4.78, 5) is 26.1. The minimum Gasteiger partial charge on any atom is -0.476 e. The van der Waals surface area contributed by atoms with Crippen LogP contribution in [0.4, 0.5) is 4.39 Å². The van der Waals surface area contributed by atoms with Crippen molar-refractivity contribution in [2.24, 2.45) is 0 Å². The Labute approximate surface area is 127 Å². The van der Waals surface area contributed by atoms with Crippen molar-refractivity contribution in [2.45, 2.75) is 6.54 Å². The topological polar surface area (TPSA) is 84.2 Å². The van der Waals surface area contributed by atoms with Crippen molar-refractivity contribution in [2.75, 3.05) is 6.54 Å². The van der Waals surface area contributed by atoms with E-state index >= 15 is 0 Å². The average Bonchev–Trinajstić information content (AvgIpc) is 2.91. The Morgan fingerprint density at radius 3 is 2.81 bits per heavy atom. The van der Waals surface area contributed by atoms with Crippen molar-refractivity contribution in [3.8, 4) is 0 Å². The summed E-state index contributed by atoms with van der Waals surface area (Å²) in [7, 11) is 0. The van der Waals surface area contributed by atoms with Crippen LogP contribution in [0.5, 0.6) is 0 Å². The van der Waals surface area contributed by atoms with Crippen LogP contribution in [-0.2, 0) is 6.54 Å². The van der Waals surface area contributed by atoms with E-state index in [2.05, 4.69) is 26.2 Å². The molecule has 0 aliphatic carbocycles. The van der Waals surface area contributed by atoms with Gasteiger partial charge in [-0.2, -0.15) is 0 Å². The Morgan fingerprint density at radius 1 is 1.43 bits per heavy atom. The number of hydrogen-bond donors (Lipinski definition) is 2. The molecule has 0 unspecified atom stereocenters. The van der Waals surface area contributed by atoms with Crippen LogP contribution >= 0.6 is 15.9 Å². The lowest BCUT2D eigenvalue weighted by Crippen LogP contribution is -2.27. The quantitative estimate of drug-likeness (QED) is 0.857. The van der Waals surface area contributed by atoms with Gasteiger partial charge in [-0.05, 0) is 34.1 Å². The predicted octanol–water partition coefficient (Wildman–Crippen LogP) is 1.91. The molecule has 0 aliphatic heterocycles. The number of carbonyl (C=O) groups is 2. The molecule has 21 heavy (non-hydrogen) atoms. The minimum atomic E-state index is -1.11. The van der Waals surface area contributed by atoms with Gasteiger partial charge in [0.1, 0.15) is 5.82 Å². The summed E-state index contributed by atoms with van der Waals surface area (Å²) in [5.41, 5.74) is 0.156. The second kappa shape index (κ2) is 6.49. The summed E-state index contributed by atoms with van der Waals surface area (Å²) >= 11 is 3.01. The highest BCUT2D eigenvalue weighted by atomic mass is 79.9. The molecule has 0 bridgehead atoms. The summed E-state index contributed by atoms with van der Waals surface area (Å²) in [6.45, 7) is 0.636. The molecule has 110 valence electrons. The van der Waals surface area contributed by atoms with Gasteiger partial charge in [0.05, 0.1) is 10.8 Å². The highest BCUT2D eigenvalue weighted by Gasteiger charge is 2.09. The van der Waals surface area contributed by atoms with Crippen LogP contribution < -0.4 is 5.32 Å². The van der Waals surface area contributed by atoms with E-state index in [0.29, 0.717) is 11.0 Å². The number of benzene rings is 1. The third-order valence-electron chi connectivity index (χ3n) is 2.69. The van der Waals surface area contributed by atoms with Gasteiger partial charge in [-0.1, -0.05) is 0 Å². The fourth-order valence-corrected chi connectivity index (χ4v) is 1.88. The van der Waals surface area contributed by atoms with Crippen molar-refractivity contribution in [1.82, 2.24) is 14.9 Å². The summed E-state index contributed by atoms with van der Waals surface area (Å²) < 4.78 is 15.1. The highest BCUT2D eigenvalue weighted by molar-refractivity contribution is 9.10. The van der Waals surface area contributed by atoms with Crippen LogP contribution in [0.15, 0.2) is 35.2 Å². The molecule has 0 saturated heterocycles. The second-order valence-electron chi connectivity index (χ2n) is 4.19. The van der Waals surface area contributed by atoms with Crippen LogP contribution in [0.2, 0.25) is 0 Å². The molecule has 2 aromatic rings. The van der Waals surface area contributed by atoms with Gasteiger partial charge in [-0.15, -0.1) is 0 Å². The maximum atomic E-state index is 13.3. The molecule has 2 rings (SSSR count). The van der Waals surface area contributed by atoms with Crippen molar-refractivity contribution >= 4 is 27.8 Å². The molecule has 0 atom stereocenters. The highest BCUT2D eigenvalue weighted by Crippen LogP contribution is 2.16. The lowest BCUT2D eigenvalue weighted by atomic mass is 10.2.